The fourth-order valence-electron chi connectivity index (χ4n) is 4.55. The lowest BCUT2D eigenvalue weighted by Gasteiger charge is -2.32. The number of carbonyl (C=O) groups excluding carboxylic acids is 2. The molecule has 33 heavy (non-hydrogen) atoms. The van der Waals surface area contributed by atoms with Gasteiger partial charge in [0.25, 0.3) is 5.91 Å². The van der Waals surface area contributed by atoms with Gasteiger partial charge in [-0.25, -0.2) is 14.4 Å². The molecule has 0 saturated carbocycles. The van der Waals surface area contributed by atoms with Crippen LogP contribution in [0.4, 0.5) is 8.78 Å². The van der Waals surface area contributed by atoms with E-state index in [9.17, 15) is 18.4 Å². The number of nitrogens with zero attached hydrogens (tertiary/aromatic N) is 4. The molecule has 172 valence electrons. The Bertz CT molecular complexity index is 1200. The lowest BCUT2D eigenvalue weighted by atomic mass is 9.77. The van der Waals surface area contributed by atoms with Gasteiger partial charge in [0.2, 0.25) is 5.95 Å². The second-order valence-corrected chi connectivity index (χ2v) is 8.11. The van der Waals surface area contributed by atoms with Gasteiger partial charge in [0.1, 0.15) is 5.82 Å². The summed E-state index contributed by atoms with van der Waals surface area (Å²) in [5, 5.41) is 0. The number of amides is 1. The zero-order valence-corrected chi connectivity index (χ0v) is 18.7. The highest BCUT2D eigenvalue weighted by Gasteiger charge is 2.55. The molecule has 2 aromatic rings. The summed E-state index contributed by atoms with van der Waals surface area (Å²) >= 11 is 0. The number of likely N-dealkylation sites (N-methyl/N-ethyl adjacent to an activating group) is 2. The van der Waals surface area contributed by atoms with E-state index in [-0.39, 0.29) is 22.9 Å². The first kappa shape index (κ1) is 22.6. The molecule has 2 aliphatic heterocycles. The third-order valence-corrected chi connectivity index (χ3v) is 6.36. The van der Waals surface area contributed by atoms with Crippen LogP contribution in [0.5, 0.6) is 0 Å². The highest BCUT2D eigenvalue weighted by Crippen LogP contribution is 2.45. The monoisotopic (exact) mass is 453 g/mol. The highest BCUT2D eigenvalue weighted by atomic mass is 19.1. The Morgan fingerprint density at radius 3 is 2.61 bits per heavy atom. The number of aromatic nitrogens is 1. The second kappa shape index (κ2) is 8.38. The predicted molar refractivity (Wildman–Crippen MR) is 120 cm³/mol. The number of halogens is 2. The van der Waals surface area contributed by atoms with Crippen LogP contribution in [0.3, 0.4) is 0 Å². The number of allylic oxidation sites excluding steroid dienone is 1. The van der Waals surface area contributed by atoms with Gasteiger partial charge < -0.3 is 10.6 Å². The summed E-state index contributed by atoms with van der Waals surface area (Å²) in [7, 11) is 1.52. The first-order chi connectivity index (χ1) is 15.7. The Kier molecular flexibility index (Phi) is 5.73. The predicted octanol–water partition coefficient (Wildman–Crippen LogP) is 2.82. The van der Waals surface area contributed by atoms with E-state index < -0.39 is 29.1 Å². The lowest BCUT2D eigenvalue weighted by Crippen LogP contribution is -2.46. The first-order valence-corrected chi connectivity index (χ1v) is 10.8. The SMILES string of the molecule is CCC(=O)C1=CC([C@]2(c3ccc(F)c(-c4cccnc4F)c3)N=C(N)N(C)C2=O)CN1CC. The maximum Gasteiger partial charge on any atom is 0.262 e. The Balaban J connectivity index is 1.92. The van der Waals surface area contributed by atoms with Crippen molar-refractivity contribution in [1.29, 1.82) is 0 Å². The van der Waals surface area contributed by atoms with Gasteiger partial charge in [0.15, 0.2) is 17.3 Å². The summed E-state index contributed by atoms with van der Waals surface area (Å²) in [6, 6.07) is 7.00. The third-order valence-electron chi connectivity index (χ3n) is 6.36. The van der Waals surface area contributed by atoms with Crippen LogP contribution in [-0.2, 0) is 15.1 Å². The van der Waals surface area contributed by atoms with Crippen molar-refractivity contribution < 1.29 is 18.4 Å². The summed E-state index contributed by atoms with van der Waals surface area (Å²) in [6.45, 7) is 4.64. The van der Waals surface area contributed by atoms with Crippen molar-refractivity contribution in [2.45, 2.75) is 25.8 Å². The number of rotatable bonds is 6. The molecule has 0 aliphatic carbocycles. The van der Waals surface area contributed by atoms with Crippen molar-refractivity contribution in [3.63, 3.8) is 0 Å². The number of pyridine rings is 1. The average Bonchev–Trinajstić information content (AvgIpc) is 3.35. The molecule has 0 saturated heterocycles. The van der Waals surface area contributed by atoms with E-state index in [0.29, 0.717) is 30.8 Å². The smallest absolute Gasteiger partial charge is 0.262 e. The van der Waals surface area contributed by atoms with Crippen LogP contribution >= 0.6 is 0 Å². The molecule has 2 aliphatic rings. The molecule has 0 bridgehead atoms. The number of hydrogen-bond donors (Lipinski definition) is 1. The van der Waals surface area contributed by atoms with E-state index in [0.717, 1.165) is 0 Å². The molecule has 1 amide bonds. The number of carbonyl (C=O) groups is 2. The molecule has 1 aromatic heterocycles. The van der Waals surface area contributed by atoms with Crippen molar-refractivity contribution >= 4 is 17.6 Å². The molecule has 0 radical (unpaired) electrons. The van der Waals surface area contributed by atoms with Gasteiger partial charge in [-0.3, -0.25) is 14.5 Å². The van der Waals surface area contributed by atoms with Gasteiger partial charge in [0.05, 0.1) is 5.70 Å². The maximum absolute atomic E-state index is 14.8. The summed E-state index contributed by atoms with van der Waals surface area (Å²) in [6.07, 6.45) is 3.36. The summed E-state index contributed by atoms with van der Waals surface area (Å²) in [4.78, 5) is 37.5. The van der Waals surface area contributed by atoms with E-state index in [1.165, 1.54) is 48.5 Å². The molecular formula is C24H25F2N5O2. The highest BCUT2D eigenvalue weighted by molar-refractivity contribution is 6.07. The minimum Gasteiger partial charge on any atom is -0.369 e. The van der Waals surface area contributed by atoms with Gasteiger partial charge in [-0.2, -0.15) is 4.39 Å². The van der Waals surface area contributed by atoms with E-state index in [4.69, 9.17) is 5.73 Å². The molecule has 3 heterocycles. The molecule has 2 atom stereocenters. The Labute approximate surface area is 190 Å². The third kappa shape index (κ3) is 3.48. The van der Waals surface area contributed by atoms with Crippen LogP contribution in [0.25, 0.3) is 11.1 Å². The number of Topliss-reactive ketones (excluding diaryl/α,β-unsaturated/α-hetero) is 1. The minimum atomic E-state index is -1.51. The number of ketones is 1. The second-order valence-electron chi connectivity index (χ2n) is 8.11. The van der Waals surface area contributed by atoms with Crippen LogP contribution in [0.1, 0.15) is 25.8 Å². The molecule has 2 N–H and O–H groups in total. The molecule has 7 nitrogen and oxygen atoms in total. The lowest BCUT2D eigenvalue weighted by molar-refractivity contribution is -0.132. The number of benzene rings is 1. The van der Waals surface area contributed by atoms with E-state index >= 15 is 0 Å². The van der Waals surface area contributed by atoms with Gasteiger partial charge in [-0.15, -0.1) is 0 Å². The van der Waals surface area contributed by atoms with Gasteiger partial charge >= 0.3 is 0 Å². The summed E-state index contributed by atoms with van der Waals surface area (Å²) in [5.41, 5.74) is 5.37. The number of nitrogens with two attached hydrogens (primary N) is 1. The van der Waals surface area contributed by atoms with Crippen LogP contribution in [-0.4, -0.2) is 52.6 Å². The van der Waals surface area contributed by atoms with Gasteiger partial charge in [-0.1, -0.05) is 13.0 Å². The van der Waals surface area contributed by atoms with Crippen molar-refractivity contribution in [2.75, 3.05) is 20.1 Å². The standard InChI is InChI=1S/C24H25F2N5O2/c1-4-20(32)19-12-15(13-31(19)5-2)24(22(33)30(3)23(27)29-24)14-8-9-18(25)17(11-14)16-7-6-10-28-21(16)26/h6-12,15H,4-5,13H2,1-3H3,(H2,27,29)/t15?,24-/m0/s1. The van der Waals surface area contributed by atoms with Crippen molar-refractivity contribution in [1.82, 2.24) is 14.8 Å². The van der Waals surface area contributed by atoms with Gasteiger partial charge in [0, 0.05) is 49.8 Å². The minimum absolute atomic E-state index is 0.0187. The topological polar surface area (TPSA) is 91.9 Å². The van der Waals surface area contributed by atoms with Crippen LogP contribution in [0.2, 0.25) is 0 Å². The molecule has 1 unspecified atom stereocenters. The fourth-order valence-corrected chi connectivity index (χ4v) is 4.55. The molecule has 1 aromatic carbocycles. The maximum atomic E-state index is 14.8. The number of aliphatic imine (C=N–C) groups is 1. The number of hydrogen-bond acceptors (Lipinski definition) is 6. The molecule has 9 heteroatoms. The van der Waals surface area contributed by atoms with Gasteiger partial charge in [-0.05, 0) is 42.8 Å². The van der Waals surface area contributed by atoms with Crippen molar-refractivity contribution in [3.05, 3.63) is 65.6 Å². The van der Waals surface area contributed by atoms with Crippen molar-refractivity contribution in [3.8, 4) is 11.1 Å². The molecule has 0 spiro atoms. The molecular weight excluding hydrogens is 428 g/mol. The van der Waals surface area contributed by atoms with E-state index in [1.807, 2.05) is 11.8 Å². The first-order valence-electron chi connectivity index (χ1n) is 10.8. The Hall–Kier alpha value is -3.62. The molecule has 0 fully saturated rings. The number of guanidine groups is 1. The molecule has 4 rings (SSSR count). The quantitative estimate of drug-likeness (QED) is 0.679. The van der Waals surface area contributed by atoms with Crippen molar-refractivity contribution in [2.24, 2.45) is 16.6 Å². The largest absolute Gasteiger partial charge is 0.369 e. The zero-order chi connectivity index (χ0) is 23.9. The Morgan fingerprint density at radius 2 is 2.00 bits per heavy atom. The Morgan fingerprint density at radius 1 is 1.24 bits per heavy atom. The summed E-state index contributed by atoms with van der Waals surface area (Å²) < 4.78 is 29.2. The summed E-state index contributed by atoms with van der Waals surface area (Å²) in [5.74, 6) is -2.43. The van der Waals surface area contributed by atoms with Crippen LogP contribution < -0.4 is 5.73 Å². The zero-order valence-electron chi connectivity index (χ0n) is 18.7. The van der Waals surface area contributed by atoms with E-state index in [1.54, 1.807) is 13.0 Å². The van der Waals surface area contributed by atoms with Crippen LogP contribution in [0, 0.1) is 17.7 Å². The normalized spacial score (nSPS) is 22.6. The average molecular weight is 453 g/mol. The van der Waals surface area contributed by atoms with E-state index in [2.05, 4.69) is 9.98 Å². The fraction of sp³-hybridized carbons (Fsp3) is 0.333. The van der Waals surface area contributed by atoms with Crippen LogP contribution in [0.15, 0.2) is 53.3 Å².